The van der Waals surface area contributed by atoms with Crippen molar-refractivity contribution in [1.29, 1.82) is 0 Å². The highest BCUT2D eigenvalue weighted by atomic mass is 19.1. The highest BCUT2D eigenvalue weighted by molar-refractivity contribution is 5.70. The van der Waals surface area contributed by atoms with Crippen LogP contribution in [0.3, 0.4) is 0 Å². The predicted molar refractivity (Wildman–Crippen MR) is 104 cm³/mol. The third-order valence-corrected chi connectivity index (χ3v) is 4.79. The van der Waals surface area contributed by atoms with Crippen molar-refractivity contribution in [3.05, 3.63) is 89.8 Å². The van der Waals surface area contributed by atoms with Crippen molar-refractivity contribution in [3.8, 4) is 11.5 Å². The van der Waals surface area contributed by atoms with Crippen LogP contribution in [-0.4, -0.2) is 13.1 Å². The van der Waals surface area contributed by atoms with Crippen LogP contribution in [0, 0.1) is 11.6 Å². The number of pyridine rings is 1. The molecule has 6 heteroatoms. The fraction of sp³-hybridized carbons (Fsp3) is 0.217. The molecular formula is C23H22F2NO3+. The molecule has 0 fully saturated rings. The highest BCUT2D eigenvalue weighted by Crippen LogP contribution is 2.34. The van der Waals surface area contributed by atoms with Gasteiger partial charge in [-0.25, -0.2) is 8.78 Å². The first-order valence-corrected chi connectivity index (χ1v) is 9.17. The quantitative estimate of drug-likeness (QED) is 0.451. The molecule has 0 amide bonds. The van der Waals surface area contributed by atoms with Gasteiger partial charge < -0.3 is 9.47 Å². The number of carbonyl (C=O) groups is 1. The molecule has 1 aromatic heterocycles. The molecule has 0 aliphatic heterocycles. The summed E-state index contributed by atoms with van der Waals surface area (Å²) >= 11 is 0. The van der Waals surface area contributed by atoms with E-state index >= 15 is 0 Å². The Labute approximate surface area is 168 Å². The number of halogens is 2. The number of methoxy groups -OCH3 is 1. The van der Waals surface area contributed by atoms with Gasteiger partial charge in [-0.1, -0.05) is 24.3 Å². The molecule has 0 saturated heterocycles. The number of hydrogen-bond donors (Lipinski definition) is 0. The van der Waals surface area contributed by atoms with Crippen molar-refractivity contribution in [2.75, 3.05) is 7.11 Å². The van der Waals surface area contributed by atoms with Crippen LogP contribution >= 0.6 is 0 Å². The van der Waals surface area contributed by atoms with Gasteiger partial charge in [-0.2, -0.15) is 4.57 Å². The molecule has 3 aromatic rings. The molecule has 1 heterocycles. The summed E-state index contributed by atoms with van der Waals surface area (Å²) in [5.41, 5.74) is 1.76. The summed E-state index contributed by atoms with van der Waals surface area (Å²) in [6.07, 6.45) is 3.50. The van der Waals surface area contributed by atoms with E-state index in [9.17, 15) is 13.6 Å². The maximum Gasteiger partial charge on any atom is 0.308 e. The zero-order valence-corrected chi connectivity index (χ0v) is 16.4. The molecule has 0 spiro atoms. The minimum absolute atomic E-state index is 0.161. The van der Waals surface area contributed by atoms with Gasteiger partial charge in [0.05, 0.1) is 13.0 Å². The number of hydrogen-bond acceptors (Lipinski definition) is 3. The van der Waals surface area contributed by atoms with Gasteiger partial charge in [-0.15, -0.1) is 0 Å². The molecule has 2 aromatic carbocycles. The summed E-state index contributed by atoms with van der Waals surface area (Å²) in [6.45, 7) is 3.31. The Morgan fingerprint density at radius 2 is 1.41 bits per heavy atom. The molecular weight excluding hydrogens is 376 g/mol. The fourth-order valence-electron chi connectivity index (χ4n) is 3.39. The Morgan fingerprint density at radius 3 is 1.86 bits per heavy atom. The lowest BCUT2D eigenvalue weighted by Crippen LogP contribution is -2.41. The largest absolute Gasteiger partial charge is 0.492 e. The van der Waals surface area contributed by atoms with Crippen LogP contribution in [0.2, 0.25) is 0 Å². The van der Waals surface area contributed by atoms with Crippen molar-refractivity contribution in [2.45, 2.75) is 25.8 Å². The molecule has 3 rings (SSSR count). The number of carbonyl (C=O) groups excluding carboxylic acids is 1. The summed E-state index contributed by atoms with van der Waals surface area (Å²) in [4.78, 5) is 11.4. The Kier molecular flexibility index (Phi) is 6.22. The van der Waals surface area contributed by atoms with E-state index < -0.39 is 5.97 Å². The molecule has 150 valence electrons. The lowest BCUT2D eigenvalue weighted by atomic mass is 9.85. The Balaban J connectivity index is 2.06. The average molecular weight is 398 g/mol. The molecule has 0 radical (unpaired) electrons. The van der Waals surface area contributed by atoms with Crippen LogP contribution in [0.25, 0.3) is 0 Å². The van der Waals surface area contributed by atoms with E-state index in [1.807, 2.05) is 17.7 Å². The van der Waals surface area contributed by atoms with E-state index in [2.05, 4.69) is 0 Å². The number of nitrogens with zero attached hydrogens (tertiary/aromatic N) is 1. The zero-order chi connectivity index (χ0) is 21.0. The number of rotatable bonds is 6. The standard InChI is InChI=1S/C23H22F2NO3/c1-15(26-13-12-21(28-3)22(14-26)29-16(2)27)23(17-4-8-19(24)9-5-17)18-6-10-20(25)11-7-18/h4-15,23H,1-3H3/q+1/t15-/m0/s1. The van der Waals surface area contributed by atoms with Gasteiger partial charge >= 0.3 is 5.97 Å². The smallest absolute Gasteiger partial charge is 0.308 e. The molecule has 1 atom stereocenters. The fourth-order valence-corrected chi connectivity index (χ4v) is 3.39. The first kappa shape index (κ1) is 20.5. The van der Waals surface area contributed by atoms with Crippen LogP contribution in [0.1, 0.15) is 36.9 Å². The van der Waals surface area contributed by atoms with Gasteiger partial charge in [0.25, 0.3) is 0 Å². The maximum absolute atomic E-state index is 13.5. The zero-order valence-electron chi connectivity index (χ0n) is 16.4. The van der Waals surface area contributed by atoms with E-state index in [-0.39, 0.29) is 23.6 Å². The van der Waals surface area contributed by atoms with Crippen molar-refractivity contribution in [3.63, 3.8) is 0 Å². The van der Waals surface area contributed by atoms with E-state index in [4.69, 9.17) is 9.47 Å². The van der Waals surface area contributed by atoms with Gasteiger partial charge in [0.15, 0.2) is 18.0 Å². The van der Waals surface area contributed by atoms with Gasteiger partial charge in [0.1, 0.15) is 11.6 Å². The summed E-state index contributed by atoms with van der Waals surface area (Å²) < 4.78 is 39.4. The van der Waals surface area contributed by atoms with Crippen molar-refractivity contribution in [1.82, 2.24) is 0 Å². The van der Waals surface area contributed by atoms with Gasteiger partial charge in [0.2, 0.25) is 11.9 Å². The third kappa shape index (κ3) is 4.77. The molecule has 4 nitrogen and oxygen atoms in total. The summed E-state index contributed by atoms with van der Waals surface area (Å²) in [5.74, 6) is -0.570. The van der Waals surface area contributed by atoms with Crippen molar-refractivity contribution < 1.29 is 27.6 Å². The van der Waals surface area contributed by atoms with Gasteiger partial charge in [0, 0.05) is 13.0 Å². The second-order valence-corrected chi connectivity index (χ2v) is 6.74. The predicted octanol–water partition coefficient (Wildman–Crippen LogP) is 4.58. The number of esters is 1. The van der Waals surface area contributed by atoms with E-state index in [1.165, 1.54) is 38.3 Å². The number of ether oxygens (including phenoxy) is 2. The SMILES string of the molecule is COc1cc[n+]([C@@H](C)C(c2ccc(F)cc2)c2ccc(F)cc2)cc1OC(C)=O. The van der Waals surface area contributed by atoms with Gasteiger partial charge in [-0.05, 0) is 42.3 Å². The van der Waals surface area contributed by atoms with Crippen LogP contribution in [0.4, 0.5) is 8.78 Å². The van der Waals surface area contributed by atoms with Crippen LogP contribution < -0.4 is 14.0 Å². The first-order valence-electron chi connectivity index (χ1n) is 9.17. The second-order valence-electron chi connectivity index (χ2n) is 6.74. The molecule has 0 aliphatic carbocycles. The number of benzene rings is 2. The Bertz CT molecular complexity index is 943. The minimum Gasteiger partial charge on any atom is -0.492 e. The molecule has 0 unspecified atom stereocenters. The normalized spacial score (nSPS) is 11.9. The second kappa shape index (κ2) is 8.82. The van der Waals surface area contributed by atoms with E-state index in [1.54, 1.807) is 36.5 Å². The van der Waals surface area contributed by atoms with Crippen LogP contribution in [0.15, 0.2) is 67.0 Å². The van der Waals surface area contributed by atoms with Crippen molar-refractivity contribution >= 4 is 5.97 Å². The molecule has 0 aliphatic rings. The topological polar surface area (TPSA) is 39.4 Å². The monoisotopic (exact) mass is 398 g/mol. The average Bonchev–Trinajstić information content (AvgIpc) is 2.70. The number of aromatic nitrogens is 1. The summed E-state index contributed by atoms with van der Waals surface area (Å²) in [7, 11) is 1.50. The third-order valence-electron chi connectivity index (χ3n) is 4.79. The lowest BCUT2D eigenvalue weighted by Gasteiger charge is -2.22. The Hall–Kier alpha value is -3.28. The molecule has 29 heavy (non-hydrogen) atoms. The minimum atomic E-state index is -0.456. The van der Waals surface area contributed by atoms with Crippen LogP contribution in [0.5, 0.6) is 11.5 Å². The van der Waals surface area contributed by atoms with Gasteiger partial charge in [-0.3, -0.25) is 4.79 Å². The first-order chi connectivity index (χ1) is 13.9. The molecule has 0 saturated carbocycles. The maximum atomic E-state index is 13.5. The summed E-state index contributed by atoms with van der Waals surface area (Å²) in [6, 6.07) is 14.0. The molecule has 0 bridgehead atoms. The van der Waals surface area contributed by atoms with Crippen molar-refractivity contribution in [2.24, 2.45) is 0 Å². The lowest BCUT2D eigenvalue weighted by molar-refractivity contribution is -0.721. The van der Waals surface area contributed by atoms with E-state index in [0.717, 1.165) is 11.1 Å². The Morgan fingerprint density at radius 1 is 0.897 bits per heavy atom. The highest BCUT2D eigenvalue weighted by Gasteiger charge is 2.29. The van der Waals surface area contributed by atoms with E-state index in [0.29, 0.717) is 11.5 Å². The summed E-state index contributed by atoms with van der Waals surface area (Å²) in [5, 5.41) is 0. The van der Waals surface area contributed by atoms with Crippen LogP contribution in [-0.2, 0) is 4.79 Å². The molecule has 0 N–H and O–H groups in total.